The standard InChI is InChI=1S/C12H12N6/c1-9-5-12(18-7-14-15-8-18)13-6-10(9)11-3-4-16-17(11)2/h3-8H,1-2H3. The first kappa shape index (κ1) is 10.6. The van der Waals surface area contributed by atoms with Crippen LogP contribution in [0.25, 0.3) is 17.1 Å². The zero-order chi connectivity index (χ0) is 12.5. The van der Waals surface area contributed by atoms with Crippen molar-refractivity contribution < 1.29 is 0 Å². The van der Waals surface area contributed by atoms with Gasteiger partial charge in [-0.25, -0.2) is 4.98 Å². The van der Waals surface area contributed by atoms with Gasteiger partial charge in [-0.15, -0.1) is 10.2 Å². The van der Waals surface area contributed by atoms with Gasteiger partial charge in [-0.05, 0) is 24.6 Å². The second-order valence-corrected chi connectivity index (χ2v) is 4.07. The summed E-state index contributed by atoms with van der Waals surface area (Å²) < 4.78 is 3.61. The number of rotatable bonds is 2. The summed E-state index contributed by atoms with van der Waals surface area (Å²) in [5.41, 5.74) is 3.26. The molecule has 0 unspecified atom stereocenters. The van der Waals surface area contributed by atoms with E-state index in [0.29, 0.717) is 0 Å². The molecule has 0 fully saturated rings. The van der Waals surface area contributed by atoms with Gasteiger partial charge < -0.3 is 0 Å². The lowest BCUT2D eigenvalue weighted by Crippen LogP contribution is -1.99. The normalized spacial score (nSPS) is 10.8. The molecular weight excluding hydrogens is 228 g/mol. The SMILES string of the molecule is Cc1cc(-n2cnnc2)ncc1-c1ccnn1C. The molecule has 0 saturated carbocycles. The van der Waals surface area contributed by atoms with Crippen LogP contribution >= 0.6 is 0 Å². The first-order chi connectivity index (χ1) is 8.75. The van der Waals surface area contributed by atoms with Crippen LogP contribution in [0.4, 0.5) is 0 Å². The molecule has 0 radical (unpaired) electrons. The van der Waals surface area contributed by atoms with Gasteiger partial charge in [0.05, 0.1) is 5.69 Å². The summed E-state index contributed by atoms with van der Waals surface area (Å²) in [6, 6.07) is 3.98. The highest BCUT2D eigenvalue weighted by atomic mass is 15.3. The first-order valence-electron chi connectivity index (χ1n) is 5.56. The third-order valence-corrected chi connectivity index (χ3v) is 2.88. The zero-order valence-electron chi connectivity index (χ0n) is 10.1. The number of hydrogen-bond acceptors (Lipinski definition) is 4. The van der Waals surface area contributed by atoms with Crippen molar-refractivity contribution in [2.75, 3.05) is 0 Å². The van der Waals surface area contributed by atoms with E-state index in [1.54, 1.807) is 23.4 Å². The Morgan fingerprint density at radius 3 is 2.56 bits per heavy atom. The predicted octanol–water partition coefficient (Wildman–Crippen LogP) is 1.37. The van der Waals surface area contributed by atoms with Gasteiger partial charge in [0.2, 0.25) is 0 Å². The molecule has 0 N–H and O–H groups in total. The minimum absolute atomic E-state index is 0.809. The Kier molecular flexibility index (Phi) is 2.40. The minimum Gasteiger partial charge on any atom is -0.272 e. The van der Waals surface area contributed by atoms with E-state index < -0.39 is 0 Å². The number of aromatic nitrogens is 6. The molecule has 3 heterocycles. The quantitative estimate of drug-likeness (QED) is 0.678. The third-order valence-electron chi connectivity index (χ3n) is 2.88. The minimum atomic E-state index is 0.809. The summed E-state index contributed by atoms with van der Waals surface area (Å²) in [4.78, 5) is 4.42. The Bertz CT molecular complexity index is 668. The summed E-state index contributed by atoms with van der Waals surface area (Å²) in [5, 5.41) is 11.7. The van der Waals surface area contributed by atoms with Gasteiger partial charge in [0.25, 0.3) is 0 Å². The van der Waals surface area contributed by atoms with Gasteiger partial charge in [0, 0.05) is 25.0 Å². The fourth-order valence-corrected chi connectivity index (χ4v) is 1.91. The molecule has 0 aliphatic rings. The van der Waals surface area contributed by atoms with Gasteiger partial charge in [-0.1, -0.05) is 0 Å². The summed E-state index contributed by atoms with van der Waals surface area (Å²) in [6.07, 6.45) is 6.89. The van der Waals surface area contributed by atoms with Crippen molar-refractivity contribution in [1.82, 2.24) is 29.5 Å². The molecular formula is C12H12N6. The maximum absolute atomic E-state index is 4.42. The Hall–Kier alpha value is -2.50. The molecule has 3 aromatic heterocycles. The summed E-state index contributed by atoms with van der Waals surface area (Å²) in [7, 11) is 1.92. The van der Waals surface area contributed by atoms with Crippen molar-refractivity contribution >= 4 is 0 Å². The molecule has 0 atom stereocenters. The van der Waals surface area contributed by atoms with Crippen molar-refractivity contribution in [1.29, 1.82) is 0 Å². The molecule has 6 nitrogen and oxygen atoms in total. The average Bonchev–Trinajstić information content (AvgIpc) is 3.00. The lowest BCUT2D eigenvalue weighted by molar-refractivity contribution is 0.774. The van der Waals surface area contributed by atoms with Gasteiger partial charge in [0.1, 0.15) is 18.5 Å². The second kappa shape index (κ2) is 4.06. The molecule has 0 saturated heterocycles. The van der Waals surface area contributed by atoms with Gasteiger partial charge in [-0.3, -0.25) is 9.25 Å². The zero-order valence-corrected chi connectivity index (χ0v) is 10.1. The van der Waals surface area contributed by atoms with Gasteiger partial charge >= 0.3 is 0 Å². The van der Waals surface area contributed by atoms with Crippen LogP contribution in [0.1, 0.15) is 5.56 Å². The van der Waals surface area contributed by atoms with Crippen LogP contribution < -0.4 is 0 Å². The van der Waals surface area contributed by atoms with Crippen LogP contribution in [0.15, 0.2) is 37.2 Å². The van der Waals surface area contributed by atoms with E-state index in [-0.39, 0.29) is 0 Å². The largest absolute Gasteiger partial charge is 0.272 e. The van der Waals surface area contributed by atoms with Crippen molar-refractivity contribution in [3.63, 3.8) is 0 Å². The van der Waals surface area contributed by atoms with Crippen molar-refractivity contribution in [2.45, 2.75) is 6.92 Å². The Morgan fingerprint density at radius 2 is 1.94 bits per heavy atom. The molecule has 0 aliphatic heterocycles. The molecule has 18 heavy (non-hydrogen) atoms. The lowest BCUT2D eigenvalue weighted by Gasteiger charge is -2.08. The molecule has 3 aromatic rings. The number of hydrogen-bond donors (Lipinski definition) is 0. The molecule has 0 spiro atoms. The number of aryl methyl sites for hydroxylation is 2. The lowest BCUT2D eigenvalue weighted by atomic mass is 10.1. The maximum Gasteiger partial charge on any atom is 0.139 e. The first-order valence-corrected chi connectivity index (χ1v) is 5.56. The molecule has 0 aliphatic carbocycles. The van der Waals surface area contributed by atoms with Crippen molar-refractivity contribution in [3.05, 3.63) is 42.7 Å². The van der Waals surface area contributed by atoms with E-state index in [1.807, 2.05) is 30.1 Å². The fraction of sp³-hybridized carbons (Fsp3) is 0.167. The second-order valence-electron chi connectivity index (χ2n) is 4.07. The predicted molar refractivity (Wildman–Crippen MR) is 66.1 cm³/mol. The Balaban J connectivity index is 2.08. The smallest absolute Gasteiger partial charge is 0.139 e. The van der Waals surface area contributed by atoms with E-state index in [1.165, 1.54) is 0 Å². The Morgan fingerprint density at radius 1 is 1.17 bits per heavy atom. The van der Waals surface area contributed by atoms with Crippen LogP contribution in [-0.4, -0.2) is 29.5 Å². The average molecular weight is 240 g/mol. The molecule has 90 valence electrons. The molecule has 0 aromatic carbocycles. The van der Waals surface area contributed by atoms with E-state index in [9.17, 15) is 0 Å². The third kappa shape index (κ3) is 1.67. The summed E-state index contributed by atoms with van der Waals surface area (Å²) in [6.45, 7) is 2.05. The van der Waals surface area contributed by atoms with Crippen LogP contribution in [0.2, 0.25) is 0 Å². The van der Waals surface area contributed by atoms with E-state index in [2.05, 4.69) is 27.2 Å². The van der Waals surface area contributed by atoms with Crippen LogP contribution in [0.3, 0.4) is 0 Å². The van der Waals surface area contributed by atoms with E-state index >= 15 is 0 Å². The highest BCUT2D eigenvalue weighted by Gasteiger charge is 2.08. The van der Waals surface area contributed by atoms with Crippen LogP contribution in [0, 0.1) is 6.92 Å². The van der Waals surface area contributed by atoms with Crippen molar-refractivity contribution in [3.8, 4) is 17.1 Å². The van der Waals surface area contributed by atoms with Gasteiger partial charge in [-0.2, -0.15) is 5.10 Å². The fourth-order valence-electron chi connectivity index (χ4n) is 1.91. The van der Waals surface area contributed by atoms with Gasteiger partial charge in [0.15, 0.2) is 0 Å². The summed E-state index contributed by atoms with van der Waals surface area (Å²) >= 11 is 0. The van der Waals surface area contributed by atoms with E-state index in [0.717, 1.165) is 22.6 Å². The highest BCUT2D eigenvalue weighted by molar-refractivity contribution is 5.63. The van der Waals surface area contributed by atoms with Crippen molar-refractivity contribution in [2.24, 2.45) is 7.05 Å². The van der Waals surface area contributed by atoms with E-state index in [4.69, 9.17) is 0 Å². The molecule has 6 heteroatoms. The maximum atomic E-state index is 4.42. The van der Waals surface area contributed by atoms with Crippen LogP contribution in [0.5, 0.6) is 0 Å². The molecule has 0 amide bonds. The molecule has 3 rings (SSSR count). The monoisotopic (exact) mass is 240 g/mol. The summed E-state index contributed by atoms with van der Waals surface area (Å²) in [5.74, 6) is 0.809. The molecule has 0 bridgehead atoms. The Labute approximate surface area is 104 Å². The number of pyridine rings is 1. The number of nitrogens with zero attached hydrogens (tertiary/aromatic N) is 6. The van der Waals surface area contributed by atoms with Crippen LogP contribution in [-0.2, 0) is 7.05 Å². The topological polar surface area (TPSA) is 61.4 Å². The highest BCUT2D eigenvalue weighted by Crippen LogP contribution is 2.22.